The summed E-state index contributed by atoms with van der Waals surface area (Å²) in [6.07, 6.45) is -4.77. The molecule has 0 atom stereocenters. The number of ether oxygens (including phenoxy) is 2. The highest BCUT2D eigenvalue weighted by Gasteiger charge is 2.36. The van der Waals surface area contributed by atoms with E-state index in [4.69, 9.17) is 21.1 Å². The number of carbonyl (C=O) groups excluding carboxylic acids is 2. The Kier molecular flexibility index (Phi) is 7.50. The molecule has 0 saturated heterocycles. The predicted octanol–water partition coefficient (Wildman–Crippen LogP) is 6.22. The van der Waals surface area contributed by atoms with E-state index in [0.717, 1.165) is 16.0 Å². The van der Waals surface area contributed by atoms with E-state index >= 15 is 0 Å². The van der Waals surface area contributed by atoms with Gasteiger partial charge in [0.1, 0.15) is 10.7 Å². The van der Waals surface area contributed by atoms with Crippen molar-refractivity contribution in [2.75, 3.05) is 19.0 Å². The number of hydrogen-bond donors (Lipinski definition) is 1. The average Bonchev–Trinajstić information content (AvgIpc) is 3.48. The number of para-hydroxylation sites is 1. The van der Waals surface area contributed by atoms with Crippen molar-refractivity contribution in [3.8, 4) is 22.0 Å². The number of halogens is 5. The molecule has 1 amide bonds. The first kappa shape index (κ1) is 26.2. The average molecular weight is 554 g/mol. The van der Waals surface area contributed by atoms with E-state index in [0.29, 0.717) is 16.5 Å². The maximum absolute atomic E-state index is 13.3. The summed E-state index contributed by atoms with van der Waals surface area (Å²) in [5.74, 6) is -2.31. The summed E-state index contributed by atoms with van der Waals surface area (Å²) in [5.41, 5.74) is -0.431. The highest BCUT2D eigenvalue weighted by atomic mass is 35.5. The van der Waals surface area contributed by atoms with E-state index < -0.39 is 36.2 Å². The van der Waals surface area contributed by atoms with Crippen LogP contribution in [0.3, 0.4) is 0 Å². The van der Waals surface area contributed by atoms with Gasteiger partial charge in [-0.15, -0.1) is 11.3 Å². The zero-order valence-electron chi connectivity index (χ0n) is 18.8. The van der Waals surface area contributed by atoms with Gasteiger partial charge in [-0.05, 0) is 35.9 Å². The fourth-order valence-electron chi connectivity index (χ4n) is 3.21. The number of nitrogens with zero attached hydrogens (tertiary/aromatic N) is 2. The molecule has 0 aliphatic heterocycles. The van der Waals surface area contributed by atoms with Gasteiger partial charge in [-0.3, -0.25) is 4.79 Å². The molecular formula is C24H16ClF4N3O4S. The summed E-state index contributed by atoms with van der Waals surface area (Å²) in [4.78, 5) is 25.5. The Balaban J connectivity index is 1.57. The van der Waals surface area contributed by atoms with E-state index in [1.54, 1.807) is 12.1 Å². The molecule has 1 N–H and O–H groups in total. The van der Waals surface area contributed by atoms with Crippen molar-refractivity contribution in [1.29, 1.82) is 0 Å². The van der Waals surface area contributed by atoms with Gasteiger partial charge in [0.15, 0.2) is 12.3 Å². The van der Waals surface area contributed by atoms with Gasteiger partial charge >= 0.3 is 12.1 Å². The van der Waals surface area contributed by atoms with Crippen LogP contribution in [0, 0.1) is 5.82 Å². The zero-order chi connectivity index (χ0) is 26.7. The fourth-order valence-corrected chi connectivity index (χ4v) is 4.46. The number of rotatable bonds is 7. The molecule has 0 saturated carbocycles. The number of carbonyl (C=O) groups is 2. The van der Waals surface area contributed by atoms with Gasteiger partial charge in [-0.25, -0.2) is 9.18 Å². The minimum absolute atomic E-state index is 0.0654. The van der Waals surface area contributed by atoms with E-state index in [1.807, 2.05) is 0 Å². The molecule has 192 valence electrons. The summed E-state index contributed by atoms with van der Waals surface area (Å²) < 4.78 is 64.1. The summed E-state index contributed by atoms with van der Waals surface area (Å²) in [7, 11) is 1.17. The van der Waals surface area contributed by atoms with E-state index in [-0.39, 0.29) is 27.2 Å². The maximum Gasteiger partial charge on any atom is 0.435 e. The molecule has 2 heterocycles. The molecule has 0 unspecified atom stereocenters. The van der Waals surface area contributed by atoms with Crippen molar-refractivity contribution in [2.45, 2.75) is 6.18 Å². The molecule has 37 heavy (non-hydrogen) atoms. The molecular weight excluding hydrogens is 538 g/mol. The number of alkyl halides is 3. The van der Waals surface area contributed by atoms with Crippen LogP contribution in [-0.2, 0) is 15.7 Å². The number of benzene rings is 2. The molecule has 2 aromatic heterocycles. The standard InChI is InChI=1S/C24H16ClF4N3O4S/c1-35-23(34)22-16(10-18(37-22)13-6-8-14(26)9-7-13)30-20(33)12-36-21-11-19(24(27,28)29)31-32(21)17-5-3-2-4-15(17)25/h2-11H,12H2,1H3,(H,30,33). The molecule has 0 spiro atoms. The fraction of sp³-hybridized carbons (Fsp3) is 0.125. The lowest BCUT2D eigenvalue weighted by atomic mass is 10.2. The normalized spacial score (nSPS) is 11.3. The third-order valence-electron chi connectivity index (χ3n) is 4.90. The quantitative estimate of drug-likeness (QED) is 0.217. The van der Waals surface area contributed by atoms with Crippen LogP contribution in [0.4, 0.5) is 23.2 Å². The van der Waals surface area contributed by atoms with E-state index in [1.165, 1.54) is 49.6 Å². The van der Waals surface area contributed by atoms with E-state index in [9.17, 15) is 27.2 Å². The summed E-state index contributed by atoms with van der Waals surface area (Å²) in [6.45, 7) is -0.713. The Bertz CT molecular complexity index is 1450. The van der Waals surface area contributed by atoms with Crippen LogP contribution in [0.15, 0.2) is 60.7 Å². The Morgan fingerprint density at radius 2 is 1.81 bits per heavy atom. The number of anilines is 1. The lowest BCUT2D eigenvalue weighted by Gasteiger charge is -2.10. The summed E-state index contributed by atoms with van der Waals surface area (Å²) >= 11 is 7.11. The van der Waals surface area contributed by atoms with Gasteiger partial charge in [-0.1, -0.05) is 35.9 Å². The number of esters is 1. The monoisotopic (exact) mass is 553 g/mol. The van der Waals surface area contributed by atoms with Crippen LogP contribution in [0.25, 0.3) is 16.1 Å². The molecule has 0 radical (unpaired) electrons. The van der Waals surface area contributed by atoms with Gasteiger partial charge < -0.3 is 14.8 Å². The van der Waals surface area contributed by atoms with Crippen LogP contribution < -0.4 is 10.1 Å². The van der Waals surface area contributed by atoms with Crippen LogP contribution >= 0.6 is 22.9 Å². The summed E-state index contributed by atoms with van der Waals surface area (Å²) in [5, 5.41) is 6.14. The highest BCUT2D eigenvalue weighted by Crippen LogP contribution is 2.36. The number of methoxy groups -OCH3 is 1. The molecule has 4 aromatic rings. The predicted molar refractivity (Wildman–Crippen MR) is 129 cm³/mol. The maximum atomic E-state index is 13.3. The van der Waals surface area contributed by atoms with Gasteiger partial charge in [0.25, 0.3) is 5.91 Å². The van der Waals surface area contributed by atoms with Crippen molar-refractivity contribution in [3.63, 3.8) is 0 Å². The van der Waals surface area contributed by atoms with Crippen LogP contribution in [-0.4, -0.2) is 35.4 Å². The van der Waals surface area contributed by atoms with Crippen LogP contribution in [0.2, 0.25) is 5.02 Å². The van der Waals surface area contributed by atoms with Crippen LogP contribution in [0.1, 0.15) is 15.4 Å². The SMILES string of the molecule is COC(=O)c1sc(-c2ccc(F)cc2)cc1NC(=O)COc1cc(C(F)(F)F)nn1-c1ccccc1Cl. The Labute approximate surface area is 216 Å². The van der Waals surface area contributed by atoms with E-state index in [2.05, 4.69) is 10.4 Å². The lowest BCUT2D eigenvalue weighted by Crippen LogP contribution is -2.22. The third kappa shape index (κ3) is 5.92. The minimum Gasteiger partial charge on any atom is -0.467 e. The van der Waals surface area contributed by atoms with Gasteiger partial charge in [0.2, 0.25) is 5.88 Å². The first-order chi connectivity index (χ1) is 17.6. The number of nitrogens with one attached hydrogen (secondary N) is 1. The molecule has 0 fully saturated rings. The number of amides is 1. The van der Waals surface area contributed by atoms with Crippen molar-refractivity contribution in [1.82, 2.24) is 9.78 Å². The zero-order valence-corrected chi connectivity index (χ0v) is 20.4. The van der Waals surface area contributed by atoms with Crippen molar-refractivity contribution >= 4 is 40.5 Å². The molecule has 2 aromatic carbocycles. The third-order valence-corrected chi connectivity index (χ3v) is 6.39. The Morgan fingerprint density at radius 3 is 2.46 bits per heavy atom. The minimum atomic E-state index is -4.77. The second-order valence-corrected chi connectivity index (χ2v) is 8.88. The Morgan fingerprint density at radius 1 is 1.11 bits per heavy atom. The largest absolute Gasteiger partial charge is 0.467 e. The molecule has 0 aliphatic carbocycles. The number of aromatic nitrogens is 2. The van der Waals surface area contributed by atoms with Gasteiger partial charge in [0.05, 0.1) is 23.5 Å². The number of hydrogen-bond acceptors (Lipinski definition) is 6. The molecule has 4 rings (SSSR count). The van der Waals surface area contributed by atoms with Crippen molar-refractivity contribution in [2.24, 2.45) is 0 Å². The summed E-state index contributed by atoms with van der Waals surface area (Å²) in [6, 6.07) is 13.7. The smallest absolute Gasteiger partial charge is 0.435 e. The van der Waals surface area contributed by atoms with Gasteiger partial charge in [0, 0.05) is 10.9 Å². The molecule has 0 bridgehead atoms. The second-order valence-electron chi connectivity index (χ2n) is 7.42. The topological polar surface area (TPSA) is 82.4 Å². The first-order valence-corrected chi connectivity index (χ1v) is 11.6. The van der Waals surface area contributed by atoms with Crippen LogP contribution in [0.5, 0.6) is 5.88 Å². The van der Waals surface area contributed by atoms with Crippen molar-refractivity contribution in [3.05, 3.63) is 82.1 Å². The highest BCUT2D eigenvalue weighted by molar-refractivity contribution is 7.18. The second kappa shape index (κ2) is 10.6. The Hall–Kier alpha value is -3.90. The van der Waals surface area contributed by atoms with Gasteiger partial charge in [-0.2, -0.15) is 23.0 Å². The molecule has 0 aliphatic rings. The lowest BCUT2D eigenvalue weighted by molar-refractivity contribution is -0.141. The molecule has 13 heteroatoms. The first-order valence-electron chi connectivity index (χ1n) is 10.4. The number of thiophene rings is 1. The van der Waals surface area contributed by atoms with Crippen molar-refractivity contribution < 1.29 is 36.6 Å². The molecule has 7 nitrogen and oxygen atoms in total.